The Kier molecular flexibility index (Phi) is 4.62. The number of carbonyl (C=O) groups excluding carboxylic acids is 1. The number of rotatable bonds is 3. The van der Waals surface area contributed by atoms with Crippen molar-refractivity contribution >= 4 is 5.91 Å². The number of amides is 1. The molecule has 4 rings (SSSR count). The fourth-order valence-corrected chi connectivity index (χ4v) is 5.28. The van der Waals surface area contributed by atoms with Crippen molar-refractivity contribution in [2.24, 2.45) is 17.8 Å². The summed E-state index contributed by atoms with van der Waals surface area (Å²) >= 11 is 0. The summed E-state index contributed by atoms with van der Waals surface area (Å²) in [5, 5.41) is 6.85. The lowest BCUT2D eigenvalue weighted by Gasteiger charge is -2.44. The zero-order valence-corrected chi connectivity index (χ0v) is 14.8. The molecular weight excluding hydrogens is 296 g/mol. The molecule has 0 spiro atoms. The Bertz CT molecular complexity index is 599. The molecular formula is C21H30N2O. The molecule has 3 heteroatoms. The summed E-state index contributed by atoms with van der Waals surface area (Å²) in [5.74, 6) is 2.73. The van der Waals surface area contributed by atoms with Crippen molar-refractivity contribution in [2.75, 3.05) is 0 Å². The van der Waals surface area contributed by atoms with Crippen LogP contribution < -0.4 is 10.6 Å². The van der Waals surface area contributed by atoms with E-state index in [-0.39, 0.29) is 11.9 Å². The molecule has 2 saturated carbocycles. The maximum absolute atomic E-state index is 12.8. The van der Waals surface area contributed by atoms with Crippen molar-refractivity contribution in [3.63, 3.8) is 0 Å². The van der Waals surface area contributed by atoms with E-state index < -0.39 is 0 Å². The highest BCUT2D eigenvalue weighted by molar-refractivity contribution is 5.82. The van der Waals surface area contributed by atoms with E-state index in [0.717, 1.165) is 24.8 Å². The molecule has 3 nitrogen and oxygen atoms in total. The minimum Gasteiger partial charge on any atom is -0.352 e. The van der Waals surface area contributed by atoms with Gasteiger partial charge in [0, 0.05) is 12.6 Å². The minimum absolute atomic E-state index is 0.0665. The Morgan fingerprint density at radius 1 is 1.17 bits per heavy atom. The van der Waals surface area contributed by atoms with Crippen LogP contribution in [0.15, 0.2) is 24.3 Å². The van der Waals surface area contributed by atoms with E-state index in [1.807, 2.05) is 0 Å². The van der Waals surface area contributed by atoms with E-state index in [1.54, 1.807) is 0 Å². The molecule has 0 radical (unpaired) electrons. The monoisotopic (exact) mass is 326 g/mol. The lowest BCUT2D eigenvalue weighted by molar-refractivity contribution is -0.125. The Labute approximate surface area is 145 Å². The lowest BCUT2D eigenvalue weighted by atomic mass is 9.65. The smallest absolute Gasteiger partial charge is 0.237 e. The van der Waals surface area contributed by atoms with Crippen LogP contribution in [0.4, 0.5) is 0 Å². The molecule has 5 atom stereocenters. The van der Waals surface area contributed by atoms with Gasteiger partial charge in [0.2, 0.25) is 5.91 Å². The Balaban J connectivity index is 1.38. The normalized spacial score (nSPS) is 35.1. The molecule has 1 amide bonds. The van der Waals surface area contributed by atoms with Gasteiger partial charge in [0.1, 0.15) is 0 Å². The first kappa shape index (κ1) is 16.1. The second-order valence-corrected chi connectivity index (χ2v) is 8.21. The molecule has 2 bridgehead atoms. The third kappa shape index (κ3) is 3.23. The van der Waals surface area contributed by atoms with E-state index >= 15 is 0 Å². The molecule has 130 valence electrons. The van der Waals surface area contributed by atoms with Crippen LogP contribution >= 0.6 is 0 Å². The molecule has 3 aliphatic rings. The van der Waals surface area contributed by atoms with Gasteiger partial charge in [-0.25, -0.2) is 0 Å². The quantitative estimate of drug-likeness (QED) is 0.893. The second kappa shape index (κ2) is 6.87. The summed E-state index contributed by atoms with van der Waals surface area (Å²) in [6.07, 6.45) is 8.68. The van der Waals surface area contributed by atoms with E-state index in [9.17, 15) is 4.79 Å². The van der Waals surface area contributed by atoms with Crippen molar-refractivity contribution < 1.29 is 4.79 Å². The largest absolute Gasteiger partial charge is 0.352 e. The summed E-state index contributed by atoms with van der Waals surface area (Å²) in [7, 11) is 0. The lowest BCUT2D eigenvalue weighted by Crippen LogP contribution is -2.53. The SMILES string of the molecule is CCC1CC2CCC(NC(=O)[C@@H]3Cc4ccccc4CN3)C(C1)C2. The van der Waals surface area contributed by atoms with Crippen molar-refractivity contribution in [1.82, 2.24) is 10.6 Å². The highest BCUT2D eigenvalue weighted by atomic mass is 16.2. The van der Waals surface area contributed by atoms with Gasteiger partial charge >= 0.3 is 0 Å². The third-order valence-corrected chi connectivity index (χ3v) is 6.70. The predicted octanol–water partition coefficient (Wildman–Crippen LogP) is 3.42. The van der Waals surface area contributed by atoms with Crippen LogP contribution in [0.25, 0.3) is 0 Å². The first-order valence-corrected chi connectivity index (χ1v) is 9.83. The maximum Gasteiger partial charge on any atom is 0.237 e. The predicted molar refractivity (Wildman–Crippen MR) is 96.6 cm³/mol. The average Bonchev–Trinajstić information content (AvgIpc) is 2.63. The van der Waals surface area contributed by atoms with Crippen LogP contribution in [0.5, 0.6) is 0 Å². The molecule has 0 aromatic heterocycles. The fourth-order valence-electron chi connectivity index (χ4n) is 5.28. The van der Waals surface area contributed by atoms with E-state index in [0.29, 0.717) is 12.0 Å². The van der Waals surface area contributed by atoms with Crippen LogP contribution in [-0.4, -0.2) is 18.0 Å². The van der Waals surface area contributed by atoms with Gasteiger partial charge in [-0.1, -0.05) is 37.6 Å². The Morgan fingerprint density at radius 2 is 2.00 bits per heavy atom. The molecule has 2 N–H and O–H groups in total. The van der Waals surface area contributed by atoms with Crippen molar-refractivity contribution in [1.29, 1.82) is 0 Å². The van der Waals surface area contributed by atoms with Crippen molar-refractivity contribution in [3.8, 4) is 0 Å². The summed E-state index contributed by atoms with van der Waals surface area (Å²) in [5.41, 5.74) is 2.66. The van der Waals surface area contributed by atoms with Gasteiger partial charge in [-0.15, -0.1) is 0 Å². The average molecular weight is 326 g/mol. The molecule has 24 heavy (non-hydrogen) atoms. The second-order valence-electron chi connectivity index (χ2n) is 8.21. The summed E-state index contributed by atoms with van der Waals surface area (Å²) in [6.45, 7) is 3.13. The van der Waals surface area contributed by atoms with Gasteiger partial charge in [0.25, 0.3) is 0 Å². The van der Waals surface area contributed by atoms with Crippen LogP contribution in [0, 0.1) is 17.8 Å². The first-order chi connectivity index (χ1) is 11.7. The van der Waals surface area contributed by atoms with Gasteiger partial charge in [-0.2, -0.15) is 0 Å². The number of hydrogen-bond acceptors (Lipinski definition) is 2. The van der Waals surface area contributed by atoms with E-state index in [1.165, 1.54) is 49.7 Å². The van der Waals surface area contributed by atoms with Gasteiger partial charge in [-0.3, -0.25) is 4.79 Å². The van der Waals surface area contributed by atoms with E-state index in [4.69, 9.17) is 0 Å². The van der Waals surface area contributed by atoms with Gasteiger partial charge < -0.3 is 10.6 Å². The number of benzene rings is 1. The molecule has 1 heterocycles. The molecule has 1 aromatic rings. The van der Waals surface area contributed by atoms with E-state index in [2.05, 4.69) is 41.8 Å². The molecule has 1 aromatic carbocycles. The van der Waals surface area contributed by atoms with Crippen molar-refractivity contribution in [3.05, 3.63) is 35.4 Å². The Morgan fingerprint density at radius 3 is 2.83 bits per heavy atom. The topological polar surface area (TPSA) is 41.1 Å². The van der Waals surface area contributed by atoms with Gasteiger partial charge in [-0.05, 0) is 67.4 Å². The standard InChI is InChI=1S/C21H30N2O/c1-2-14-9-15-7-8-19(18(10-14)11-15)23-21(24)20-12-16-5-3-4-6-17(16)13-22-20/h3-6,14-15,18-20,22H,2,7-13H2,1H3,(H,23,24)/t14?,15?,18?,19?,20-/m0/s1. The Hall–Kier alpha value is -1.35. The number of hydrogen-bond donors (Lipinski definition) is 2. The third-order valence-electron chi connectivity index (χ3n) is 6.70. The van der Waals surface area contributed by atoms with Crippen molar-refractivity contribution in [2.45, 2.75) is 70.5 Å². The number of fused-ring (bicyclic) bond motifs is 3. The fraction of sp³-hybridized carbons (Fsp3) is 0.667. The van der Waals surface area contributed by atoms with Crippen LogP contribution in [-0.2, 0) is 17.8 Å². The first-order valence-electron chi connectivity index (χ1n) is 9.83. The minimum atomic E-state index is -0.0665. The highest BCUT2D eigenvalue weighted by Gasteiger charge is 2.38. The maximum atomic E-state index is 12.8. The zero-order valence-electron chi connectivity index (χ0n) is 14.8. The van der Waals surface area contributed by atoms with Crippen LogP contribution in [0.3, 0.4) is 0 Å². The summed E-state index contributed by atoms with van der Waals surface area (Å²) in [6, 6.07) is 8.81. The van der Waals surface area contributed by atoms with Crippen LogP contribution in [0.2, 0.25) is 0 Å². The molecule has 1 aliphatic heterocycles. The van der Waals surface area contributed by atoms with Gasteiger partial charge in [0.05, 0.1) is 6.04 Å². The number of carbonyl (C=O) groups is 1. The molecule has 2 fully saturated rings. The molecule has 0 saturated heterocycles. The number of nitrogens with one attached hydrogen (secondary N) is 2. The zero-order chi connectivity index (χ0) is 16.5. The summed E-state index contributed by atoms with van der Waals surface area (Å²) in [4.78, 5) is 12.8. The van der Waals surface area contributed by atoms with Crippen LogP contribution in [0.1, 0.15) is 56.6 Å². The molecule has 2 aliphatic carbocycles. The molecule has 4 unspecified atom stereocenters. The highest BCUT2D eigenvalue weighted by Crippen LogP contribution is 2.43. The van der Waals surface area contributed by atoms with Gasteiger partial charge in [0.15, 0.2) is 0 Å². The summed E-state index contributed by atoms with van der Waals surface area (Å²) < 4.78 is 0.